The van der Waals surface area contributed by atoms with E-state index < -0.39 is 5.41 Å². The largest absolute Gasteiger partial charge is 0.256 e. The Morgan fingerprint density at radius 2 is 1.08 bits per heavy atom. The number of benzene rings is 7. The van der Waals surface area contributed by atoms with Gasteiger partial charge in [0.1, 0.15) is 0 Å². The minimum absolute atomic E-state index is 0.478. The lowest BCUT2D eigenvalue weighted by molar-refractivity contribution is 0.769. The van der Waals surface area contributed by atoms with E-state index in [1.165, 1.54) is 38.8 Å². The Morgan fingerprint density at radius 3 is 1.88 bits per heavy atom. The van der Waals surface area contributed by atoms with Crippen molar-refractivity contribution in [2.45, 2.75) is 5.41 Å². The van der Waals surface area contributed by atoms with E-state index in [4.69, 9.17) is 15.0 Å². The third-order valence-corrected chi connectivity index (χ3v) is 12.3. The molecule has 11 aromatic rings. The van der Waals surface area contributed by atoms with Crippen LogP contribution in [0.3, 0.4) is 0 Å². The number of hydrogen-bond donors (Lipinski definition) is 0. The topological polar surface area (TPSA) is 51.6 Å². The Morgan fingerprint density at radius 1 is 0.373 bits per heavy atom. The number of rotatable bonds is 5. The standard InChI is InChI=1S/C55H34N4/c1-3-13-39(14-4-1)55(40-15-5-2-6-16-40)48-19-9-7-17-41(48)46-32-47-45(33-49(46)55)42-18-8-10-20-51(42)59-52(47)37-23-21-35(22-24-37)38-26-28-50(58-34-38)43-29-31-57-54-44(43)27-25-36-12-11-30-56-53(36)54/h1-34H. The molecule has 4 heteroatoms. The summed E-state index contributed by atoms with van der Waals surface area (Å²) >= 11 is 0. The van der Waals surface area contributed by atoms with Crippen LogP contribution in [-0.2, 0) is 5.41 Å². The summed E-state index contributed by atoms with van der Waals surface area (Å²) in [6.07, 6.45) is 5.63. The van der Waals surface area contributed by atoms with Gasteiger partial charge < -0.3 is 0 Å². The molecule has 7 aromatic carbocycles. The smallest absolute Gasteiger partial charge is 0.0971 e. The molecule has 0 aliphatic heterocycles. The van der Waals surface area contributed by atoms with Crippen molar-refractivity contribution in [1.82, 2.24) is 19.9 Å². The molecule has 0 fully saturated rings. The second-order valence-corrected chi connectivity index (χ2v) is 15.4. The maximum Gasteiger partial charge on any atom is 0.0971 e. The number of hydrogen-bond acceptors (Lipinski definition) is 4. The fraction of sp³-hybridized carbons (Fsp3) is 0.0182. The van der Waals surface area contributed by atoms with Gasteiger partial charge in [-0.25, -0.2) is 4.98 Å². The van der Waals surface area contributed by atoms with Gasteiger partial charge in [0, 0.05) is 56.8 Å². The van der Waals surface area contributed by atoms with Crippen molar-refractivity contribution in [3.63, 3.8) is 0 Å². The number of aromatic nitrogens is 4. The van der Waals surface area contributed by atoms with Gasteiger partial charge in [-0.05, 0) is 80.7 Å². The van der Waals surface area contributed by atoms with Gasteiger partial charge in [-0.15, -0.1) is 0 Å². The molecule has 4 heterocycles. The lowest BCUT2D eigenvalue weighted by atomic mass is 9.67. The molecule has 4 nitrogen and oxygen atoms in total. The predicted molar refractivity (Wildman–Crippen MR) is 241 cm³/mol. The van der Waals surface area contributed by atoms with E-state index in [-0.39, 0.29) is 0 Å². The van der Waals surface area contributed by atoms with Gasteiger partial charge >= 0.3 is 0 Å². The van der Waals surface area contributed by atoms with E-state index in [0.29, 0.717) is 0 Å². The Bertz CT molecular complexity index is 3380. The van der Waals surface area contributed by atoms with Crippen LogP contribution in [0.15, 0.2) is 207 Å². The lowest BCUT2D eigenvalue weighted by Crippen LogP contribution is -2.28. The van der Waals surface area contributed by atoms with E-state index in [1.54, 1.807) is 0 Å². The van der Waals surface area contributed by atoms with E-state index in [2.05, 4.69) is 181 Å². The Balaban J connectivity index is 0.989. The monoisotopic (exact) mass is 750 g/mol. The fourth-order valence-electron chi connectivity index (χ4n) is 9.63. The van der Waals surface area contributed by atoms with E-state index in [0.717, 1.165) is 71.7 Å². The third-order valence-electron chi connectivity index (χ3n) is 12.3. The van der Waals surface area contributed by atoms with Crippen molar-refractivity contribution in [3.05, 3.63) is 229 Å². The molecule has 1 aliphatic rings. The fourth-order valence-corrected chi connectivity index (χ4v) is 9.63. The first kappa shape index (κ1) is 33.3. The van der Waals surface area contributed by atoms with E-state index in [9.17, 15) is 0 Å². The highest BCUT2D eigenvalue weighted by atomic mass is 14.7. The van der Waals surface area contributed by atoms with Gasteiger partial charge in [-0.3, -0.25) is 15.0 Å². The van der Waals surface area contributed by atoms with Crippen LogP contribution in [-0.4, -0.2) is 19.9 Å². The highest BCUT2D eigenvalue weighted by Gasteiger charge is 2.46. The second-order valence-electron chi connectivity index (χ2n) is 15.4. The molecule has 0 N–H and O–H groups in total. The number of para-hydroxylation sites is 1. The van der Waals surface area contributed by atoms with Crippen molar-refractivity contribution in [2.75, 3.05) is 0 Å². The summed E-state index contributed by atoms with van der Waals surface area (Å²) in [4.78, 5) is 19.7. The van der Waals surface area contributed by atoms with E-state index in [1.807, 2.05) is 30.7 Å². The molecule has 0 saturated carbocycles. The summed E-state index contributed by atoms with van der Waals surface area (Å²) in [6, 6.07) is 67.7. The third kappa shape index (κ3) is 5.03. The summed E-state index contributed by atoms with van der Waals surface area (Å²) in [5, 5.41) is 5.60. The molecule has 0 radical (unpaired) electrons. The minimum atomic E-state index is -0.478. The van der Waals surface area contributed by atoms with Gasteiger partial charge in [0.25, 0.3) is 0 Å². The molecule has 0 amide bonds. The van der Waals surface area contributed by atoms with E-state index >= 15 is 0 Å². The number of fused-ring (bicyclic) bond motifs is 9. The molecule has 0 bridgehead atoms. The van der Waals surface area contributed by atoms with Crippen LogP contribution in [0.2, 0.25) is 0 Å². The molecule has 4 aromatic heterocycles. The molecule has 0 atom stereocenters. The Labute approximate surface area is 341 Å². The highest BCUT2D eigenvalue weighted by molar-refractivity contribution is 6.13. The zero-order chi connectivity index (χ0) is 38.9. The normalized spacial score (nSPS) is 12.9. The number of pyridine rings is 4. The zero-order valence-electron chi connectivity index (χ0n) is 31.9. The van der Waals surface area contributed by atoms with Crippen LogP contribution in [0.1, 0.15) is 22.3 Å². The average Bonchev–Trinajstić information content (AvgIpc) is 3.61. The molecular weight excluding hydrogens is 717 g/mol. The summed E-state index contributed by atoms with van der Waals surface area (Å²) in [5.74, 6) is 0. The zero-order valence-corrected chi connectivity index (χ0v) is 31.9. The van der Waals surface area contributed by atoms with Gasteiger partial charge in [0.15, 0.2) is 0 Å². The van der Waals surface area contributed by atoms with Crippen LogP contribution in [0.4, 0.5) is 0 Å². The molecule has 0 saturated heterocycles. The Hall–Kier alpha value is -7.82. The SMILES string of the molecule is c1ccc(C2(c3ccccc3)c3ccccc3-c3cc4c(-c5ccc(-c6ccc(-c7ccnc8c7ccc7cccnc78)nc6)cc5)nc5ccccc5c4cc32)cc1. The van der Waals surface area contributed by atoms with Crippen LogP contribution < -0.4 is 0 Å². The van der Waals surface area contributed by atoms with Crippen LogP contribution in [0.5, 0.6) is 0 Å². The van der Waals surface area contributed by atoms with Crippen molar-refractivity contribution in [2.24, 2.45) is 0 Å². The first-order valence-corrected chi connectivity index (χ1v) is 20.0. The van der Waals surface area contributed by atoms with Gasteiger partial charge in [0.05, 0.1) is 33.4 Å². The number of nitrogens with zero attached hydrogens (tertiary/aromatic N) is 4. The van der Waals surface area contributed by atoms with Crippen molar-refractivity contribution in [1.29, 1.82) is 0 Å². The predicted octanol–water partition coefficient (Wildman–Crippen LogP) is 13.2. The second kappa shape index (κ2) is 13.1. The van der Waals surface area contributed by atoms with Gasteiger partial charge in [0.2, 0.25) is 0 Å². The van der Waals surface area contributed by atoms with Crippen molar-refractivity contribution < 1.29 is 0 Å². The summed E-state index contributed by atoms with van der Waals surface area (Å²) in [5.41, 5.74) is 16.0. The molecular formula is C55H34N4. The molecule has 0 spiro atoms. The van der Waals surface area contributed by atoms with Crippen LogP contribution in [0.25, 0.3) is 88.2 Å². The summed E-state index contributed by atoms with van der Waals surface area (Å²) in [6.45, 7) is 0. The van der Waals surface area contributed by atoms with Gasteiger partial charge in [-0.1, -0.05) is 152 Å². The highest BCUT2D eigenvalue weighted by Crippen LogP contribution is 2.57. The molecule has 59 heavy (non-hydrogen) atoms. The summed E-state index contributed by atoms with van der Waals surface area (Å²) in [7, 11) is 0. The molecule has 1 aliphatic carbocycles. The summed E-state index contributed by atoms with van der Waals surface area (Å²) < 4.78 is 0. The van der Waals surface area contributed by atoms with Crippen molar-refractivity contribution >= 4 is 43.5 Å². The maximum atomic E-state index is 5.38. The lowest BCUT2D eigenvalue weighted by Gasteiger charge is -2.34. The van der Waals surface area contributed by atoms with Crippen molar-refractivity contribution in [3.8, 4) is 44.8 Å². The maximum absolute atomic E-state index is 5.38. The van der Waals surface area contributed by atoms with Crippen LogP contribution >= 0.6 is 0 Å². The Kier molecular flexibility index (Phi) is 7.41. The molecule has 12 rings (SSSR count). The molecule has 274 valence electrons. The van der Waals surface area contributed by atoms with Gasteiger partial charge in [-0.2, -0.15) is 0 Å². The quantitative estimate of drug-likeness (QED) is 0.164. The van der Waals surface area contributed by atoms with Crippen LogP contribution in [0, 0.1) is 0 Å². The average molecular weight is 751 g/mol. The first-order chi connectivity index (χ1) is 29.3. The molecule has 0 unspecified atom stereocenters. The first-order valence-electron chi connectivity index (χ1n) is 20.0. The minimum Gasteiger partial charge on any atom is -0.256 e.